The van der Waals surface area contributed by atoms with Crippen molar-refractivity contribution in [3.63, 3.8) is 0 Å². The molecule has 6 heteroatoms. The van der Waals surface area contributed by atoms with Crippen LogP contribution in [0.3, 0.4) is 0 Å². The van der Waals surface area contributed by atoms with Crippen molar-refractivity contribution in [2.45, 2.75) is 46.1 Å². The maximum absolute atomic E-state index is 12.3. The summed E-state index contributed by atoms with van der Waals surface area (Å²) >= 11 is 0. The van der Waals surface area contributed by atoms with Crippen LogP contribution in [0, 0.1) is 5.92 Å². The number of anilines is 1. The Labute approximate surface area is 155 Å². The highest BCUT2D eigenvalue weighted by molar-refractivity contribution is 5.76. The number of aliphatic carboxylic acids is 1. The van der Waals surface area contributed by atoms with Gasteiger partial charge in [0.15, 0.2) is 0 Å². The monoisotopic (exact) mass is 362 g/mol. The lowest BCUT2D eigenvalue weighted by atomic mass is 9.89. The van der Waals surface area contributed by atoms with E-state index in [1.165, 1.54) is 4.90 Å². The highest BCUT2D eigenvalue weighted by atomic mass is 16.6. The number of carboxylic acids is 1. The van der Waals surface area contributed by atoms with E-state index in [0.29, 0.717) is 6.54 Å². The number of hydrogen-bond acceptors (Lipinski definition) is 4. The predicted molar refractivity (Wildman–Crippen MR) is 102 cm³/mol. The summed E-state index contributed by atoms with van der Waals surface area (Å²) in [5.41, 5.74) is 1.46. The van der Waals surface area contributed by atoms with Gasteiger partial charge in [0.05, 0.1) is 5.92 Å². The van der Waals surface area contributed by atoms with Crippen LogP contribution < -0.4 is 4.90 Å². The van der Waals surface area contributed by atoms with Gasteiger partial charge in [-0.15, -0.1) is 0 Å². The molecule has 26 heavy (non-hydrogen) atoms. The van der Waals surface area contributed by atoms with E-state index in [1.807, 2.05) is 24.3 Å². The van der Waals surface area contributed by atoms with Gasteiger partial charge in [0.1, 0.15) is 5.60 Å². The number of carboxylic acid groups (broad SMARTS) is 1. The lowest BCUT2D eigenvalue weighted by Gasteiger charge is -2.24. The molecule has 0 aromatic heterocycles. The first-order chi connectivity index (χ1) is 12.2. The first kappa shape index (κ1) is 20.1. The van der Waals surface area contributed by atoms with Gasteiger partial charge in [0, 0.05) is 37.8 Å². The van der Waals surface area contributed by atoms with Crippen molar-refractivity contribution >= 4 is 17.7 Å². The highest BCUT2D eigenvalue weighted by Crippen LogP contribution is 2.34. The van der Waals surface area contributed by atoms with E-state index in [2.05, 4.69) is 18.7 Å². The van der Waals surface area contributed by atoms with Crippen LogP contribution >= 0.6 is 0 Å². The molecule has 1 aliphatic heterocycles. The molecule has 1 saturated heterocycles. The maximum atomic E-state index is 12.3. The van der Waals surface area contributed by atoms with Crippen LogP contribution in [-0.2, 0) is 9.53 Å². The molecule has 6 nitrogen and oxygen atoms in total. The van der Waals surface area contributed by atoms with Crippen LogP contribution in [0.5, 0.6) is 0 Å². The second-order valence-electron chi connectivity index (χ2n) is 7.70. The van der Waals surface area contributed by atoms with Crippen LogP contribution in [0.2, 0.25) is 0 Å². The summed E-state index contributed by atoms with van der Waals surface area (Å²) in [6.07, 6.45) is -0.453. The first-order valence-electron chi connectivity index (χ1n) is 9.21. The lowest BCUT2D eigenvalue weighted by molar-refractivity contribution is -0.141. The normalized spacial score (nSPS) is 20.1. The third kappa shape index (κ3) is 4.68. The molecule has 0 radical (unpaired) electrons. The molecule has 1 fully saturated rings. The van der Waals surface area contributed by atoms with E-state index in [0.717, 1.165) is 24.3 Å². The summed E-state index contributed by atoms with van der Waals surface area (Å²) in [6, 6.07) is 8.01. The lowest BCUT2D eigenvalue weighted by Crippen LogP contribution is -2.35. The molecule has 144 valence electrons. The minimum absolute atomic E-state index is 0.173. The number of ether oxygens (including phenoxy) is 1. The zero-order valence-electron chi connectivity index (χ0n) is 16.4. The van der Waals surface area contributed by atoms with Gasteiger partial charge in [-0.2, -0.15) is 0 Å². The Morgan fingerprint density at radius 2 is 1.73 bits per heavy atom. The zero-order valence-corrected chi connectivity index (χ0v) is 16.4. The van der Waals surface area contributed by atoms with Gasteiger partial charge in [-0.05, 0) is 52.3 Å². The zero-order chi connectivity index (χ0) is 19.5. The molecule has 0 saturated carbocycles. The van der Waals surface area contributed by atoms with Gasteiger partial charge in [-0.25, -0.2) is 4.79 Å². The molecule has 2 unspecified atom stereocenters. The van der Waals surface area contributed by atoms with Crippen LogP contribution in [-0.4, -0.2) is 53.8 Å². The number of nitrogens with zero attached hydrogens (tertiary/aromatic N) is 2. The topological polar surface area (TPSA) is 70.1 Å². The van der Waals surface area contributed by atoms with E-state index in [1.54, 1.807) is 20.8 Å². The van der Waals surface area contributed by atoms with E-state index in [9.17, 15) is 14.7 Å². The molecule has 1 aromatic rings. The average molecular weight is 362 g/mol. The van der Waals surface area contributed by atoms with E-state index < -0.39 is 23.6 Å². The number of hydrogen-bond donors (Lipinski definition) is 1. The second kappa shape index (κ2) is 7.98. The average Bonchev–Trinajstić information content (AvgIpc) is 3.01. The third-order valence-corrected chi connectivity index (χ3v) is 4.74. The second-order valence-corrected chi connectivity index (χ2v) is 7.70. The van der Waals surface area contributed by atoms with Crippen LogP contribution in [0.25, 0.3) is 0 Å². The smallest absolute Gasteiger partial charge is 0.410 e. The van der Waals surface area contributed by atoms with Gasteiger partial charge in [-0.3, -0.25) is 4.79 Å². The first-order valence-corrected chi connectivity index (χ1v) is 9.21. The number of likely N-dealkylation sites (tertiary alicyclic amines) is 1. The third-order valence-electron chi connectivity index (χ3n) is 4.74. The number of amides is 1. The van der Waals surface area contributed by atoms with Crippen molar-refractivity contribution in [2.75, 3.05) is 31.1 Å². The van der Waals surface area contributed by atoms with Crippen LogP contribution in [0.15, 0.2) is 24.3 Å². The maximum Gasteiger partial charge on any atom is 0.410 e. The standard InChI is InChI=1S/C20H30N2O4/c1-6-21(7-2)15-10-8-14(9-11-15)16-12-22(13-17(16)18(23)24)19(25)26-20(3,4)5/h8-11,16-17H,6-7,12-13H2,1-5H3,(H,23,24). The van der Waals surface area contributed by atoms with Gasteiger partial charge in [-0.1, -0.05) is 12.1 Å². The fourth-order valence-electron chi connectivity index (χ4n) is 3.39. The van der Waals surface area contributed by atoms with Gasteiger partial charge < -0.3 is 19.6 Å². The van der Waals surface area contributed by atoms with Crippen molar-refractivity contribution < 1.29 is 19.4 Å². The Balaban J connectivity index is 2.18. The summed E-state index contributed by atoms with van der Waals surface area (Å²) < 4.78 is 5.40. The molecule has 1 N–H and O–H groups in total. The van der Waals surface area contributed by atoms with Crippen molar-refractivity contribution in [3.05, 3.63) is 29.8 Å². The van der Waals surface area contributed by atoms with E-state index in [-0.39, 0.29) is 12.5 Å². The summed E-state index contributed by atoms with van der Waals surface area (Å²) in [6.45, 7) is 12.0. The van der Waals surface area contributed by atoms with E-state index in [4.69, 9.17) is 4.74 Å². The molecule has 0 bridgehead atoms. The molecule has 1 amide bonds. The molecule has 2 atom stereocenters. The van der Waals surface area contributed by atoms with Crippen LogP contribution in [0.1, 0.15) is 46.1 Å². The highest BCUT2D eigenvalue weighted by Gasteiger charge is 2.41. The van der Waals surface area contributed by atoms with Crippen molar-refractivity contribution in [2.24, 2.45) is 5.92 Å². The Hall–Kier alpha value is -2.24. The molecular weight excluding hydrogens is 332 g/mol. The Bertz CT molecular complexity index is 632. The summed E-state index contributed by atoms with van der Waals surface area (Å²) in [7, 11) is 0. The molecule has 1 heterocycles. The van der Waals surface area contributed by atoms with Crippen molar-refractivity contribution in [1.29, 1.82) is 0 Å². The summed E-state index contributed by atoms with van der Waals surface area (Å²) in [4.78, 5) is 27.8. The fraction of sp³-hybridized carbons (Fsp3) is 0.600. The Kier molecular flexibility index (Phi) is 6.16. The van der Waals surface area contributed by atoms with Crippen molar-refractivity contribution in [3.8, 4) is 0 Å². The van der Waals surface area contributed by atoms with E-state index >= 15 is 0 Å². The molecule has 1 aromatic carbocycles. The Morgan fingerprint density at radius 3 is 2.19 bits per heavy atom. The molecular formula is C20H30N2O4. The Morgan fingerprint density at radius 1 is 1.15 bits per heavy atom. The fourth-order valence-corrected chi connectivity index (χ4v) is 3.39. The van der Waals surface area contributed by atoms with Gasteiger partial charge >= 0.3 is 12.1 Å². The molecule has 2 rings (SSSR count). The quantitative estimate of drug-likeness (QED) is 0.867. The predicted octanol–water partition coefficient (Wildman–Crippen LogP) is 3.57. The minimum Gasteiger partial charge on any atom is -0.481 e. The number of benzene rings is 1. The van der Waals surface area contributed by atoms with Gasteiger partial charge in [0.25, 0.3) is 0 Å². The molecule has 1 aliphatic rings. The largest absolute Gasteiger partial charge is 0.481 e. The van der Waals surface area contributed by atoms with Gasteiger partial charge in [0.2, 0.25) is 0 Å². The summed E-state index contributed by atoms with van der Waals surface area (Å²) in [5, 5.41) is 9.61. The number of carbonyl (C=O) groups excluding carboxylic acids is 1. The SMILES string of the molecule is CCN(CC)c1ccc(C2CN(C(=O)OC(C)(C)C)CC2C(=O)O)cc1. The molecule has 0 aliphatic carbocycles. The minimum atomic E-state index is -0.881. The van der Waals surface area contributed by atoms with Crippen LogP contribution in [0.4, 0.5) is 10.5 Å². The van der Waals surface area contributed by atoms with Crippen molar-refractivity contribution in [1.82, 2.24) is 4.90 Å². The number of carbonyl (C=O) groups is 2. The number of rotatable bonds is 5. The molecule has 0 spiro atoms. The summed E-state index contributed by atoms with van der Waals surface area (Å²) in [5.74, 6) is -1.73.